The maximum absolute atomic E-state index is 13.7. The molecule has 6 fully saturated rings. The highest BCUT2D eigenvalue weighted by molar-refractivity contribution is 5.84. The van der Waals surface area contributed by atoms with Crippen molar-refractivity contribution < 1.29 is 14.6 Å². The van der Waals surface area contributed by atoms with Crippen molar-refractivity contribution >= 4 is 5.78 Å². The smallest absolute Gasteiger partial charge is 0.151 e. The maximum Gasteiger partial charge on any atom is 0.151 e. The van der Waals surface area contributed by atoms with Gasteiger partial charge in [0.15, 0.2) is 5.78 Å². The van der Waals surface area contributed by atoms with Crippen LogP contribution in [0.25, 0.3) is 0 Å². The van der Waals surface area contributed by atoms with Gasteiger partial charge in [0.1, 0.15) is 0 Å². The van der Waals surface area contributed by atoms with Crippen LogP contribution in [0.3, 0.4) is 0 Å². The molecule has 1 heterocycles. The lowest BCUT2D eigenvalue weighted by Gasteiger charge is -2.62. The van der Waals surface area contributed by atoms with E-state index in [0.717, 1.165) is 50.7 Å². The highest BCUT2D eigenvalue weighted by atomic mass is 16.5. The topological polar surface area (TPSA) is 61.8 Å². The Kier molecular flexibility index (Phi) is 6.43. The maximum atomic E-state index is 13.7. The molecule has 6 aliphatic rings. The predicted molar refractivity (Wildman–Crippen MR) is 138 cm³/mol. The standard InChI is InChI=1S/C30H50N2O3/c1-28(34)14-15-30(19-35-3)21(17-28)7-8-22-23-9-10-25(29(23,2)13-11-24(22)30)27(33)18-32-16-12-26(31-32)20-5-4-6-20/h20-26,31,34H,4-19H2,1-3H3/t21-,22-,23-,24?,25+,26?,28+,29-,30+/m0/s1. The predicted octanol–water partition coefficient (Wildman–Crippen LogP) is 4.97. The Morgan fingerprint density at radius 3 is 2.57 bits per heavy atom. The Morgan fingerprint density at radius 2 is 1.83 bits per heavy atom. The monoisotopic (exact) mass is 486 g/mol. The van der Waals surface area contributed by atoms with E-state index in [0.29, 0.717) is 36.1 Å². The molecule has 0 amide bonds. The van der Waals surface area contributed by atoms with Gasteiger partial charge < -0.3 is 9.84 Å². The SMILES string of the molecule is COC[C@]12CC[C@@](C)(O)C[C@@H]1CC[C@@H]1C2CC[C@]2(C)[C@@H](C(=O)CN3CCC(C4CCC4)N3)CC[C@@H]12. The van der Waals surface area contributed by atoms with Gasteiger partial charge in [0.25, 0.3) is 0 Å². The second kappa shape index (κ2) is 9.06. The lowest BCUT2D eigenvalue weighted by Crippen LogP contribution is -2.58. The molecule has 5 saturated carbocycles. The number of aliphatic hydroxyl groups is 1. The van der Waals surface area contributed by atoms with Gasteiger partial charge >= 0.3 is 0 Å². The van der Waals surface area contributed by atoms with E-state index in [1.807, 2.05) is 14.0 Å². The van der Waals surface area contributed by atoms with Crippen LogP contribution in [0.4, 0.5) is 0 Å². The minimum atomic E-state index is -0.510. The molecule has 0 aromatic carbocycles. The van der Waals surface area contributed by atoms with Gasteiger partial charge in [-0.2, -0.15) is 0 Å². The zero-order valence-electron chi connectivity index (χ0n) is 22.6. The highest BCUT2D eigenvalue weighted by Crippen LogP contribution is 2.68. The summed E-state index contributed by atoms with van der Waals surface area (Å²) in [6.07, 6.45) is 15.6. The summed E-state index contributed by atoms with van der Waals surface area (Å²) in [5.74, 6) is 4.28. The zero-order chi connectivity index (χ0) is 24.4. The fourth-order valence-corrected chi connectivity index (χ4v) is 10.6. The van der Waals surface area contributed by atoms with Crippen LogP contribution >= 0.6 is 0 Å². The molecule has 5 aliphatic carbocycles. The van der Waals surface area contributed by atoms with Crippen molar-refractivity contribution in [3.63, 3.8) is 0 Å². The minimum absolute atomic E-state index is 0.173. The number of rotatable bonds is 6. The summed E-state index contributed by atoms with van der Waals surface area (Å²) in [6, 6.07) is 0.613. The summed E-state index contributed by atoms with van der Waals surface area (Å²) < 4.78 is 5.92. The number of nitrogens with one attached hydrogen (secondary N) is 1. The van der Waals surface area contributed by atoms with Gasteiger partial charge in [-0.25, -0.2) is 5.01 Å². The van der Waals surface area contributed by atoms with Crippen LogP contribution in [0, 0.1) is 46.3 Å². The minimum Gasteiger partial charge on any atom is -0.390 e. The van der Waals surface area contributed by atoms with Crippen molar-refractivity contribution in [3.8, 4) is 0 Å². The van der Waals surface area contributed by atoms with Crippen molar-refractivity contribution in [2.24, 2.45) is 46.3 Å². The Bertz CT molecular complexity index is 811. The van der Waals surface area contributed by atoms with Crippen molar-refractivity contribution in [1.29, 1.82) is 0 Å². The van der Waals surface area contributed by atoms with Crippen LogP contribution < -0.4 is 5.43 Å². The third-order valence-electron chi connectivity index (χ3n) is 12.6. The van der Waals surface area contributed by atoms with Crippen LogP contribution in [0.15, 0.2) is 0 Å². The lowest BCUT2D eigenvalue weighted by molar-refractivity contribution is -0.175. The Morgan fingerprint density at radius 1 is 1.00 bits per heavy atom. The molecule has 5 heteroatoms. The number of fused-ring (bicyclic) bond motifs is 5. The largest absolute Gasteiger partial charge is 0.390 e. The zero-order valence-corrected chi connectivity index (χ0v) is 22.6. The summed E-state index contributed by atoms with van der Waals surface area (Å²) >= 11 is 0. The molecule has 0 aromatic heterocycles. The molecule has 35 heavy (non-hydrogen) atoms. The first kappa shape index (κ1) is 24.8. The molecule has 0 aromatic rings. The van der Waals surface area contributed by atoms with Crippen LogP contribution in [0.5, 0.6) is 0 Å². The van der Waals surface area contributed by atoms with Gasteiger partial charge in [-0.05, 0) is 124 Å². The number of nitrogens with zero attached hydrogens (tertiary/aromatic N) is 1. The Hall–Kier alpha value is -0.490. The van der Waals surface area contributed by atoms with E-state index >= 15 is 0 Å². The average molecular weight is 487 g/mol. The summed E-state index contributed by atoms with van der Waals surface area (Å²) in [4.78, 5) is 13.7. The highest BCUT2D eigenvalue weighted by Gasteiger charge is 2.63. The molecule has 2 unspecified atom stereocenters. The number of hydrazine groups is 1. The van der Waals surface area contributed by atoms with Crippen LogP contribution in [-0.4, -0.2) is 54.3 Å². The number of Topliss-reactive ketones (excluding diaryl/α,β-unsaturated/α-hetero) is 1. The van der Waals surface area contributed by atoms with E-state index in [4.69, 9.17) is 4.74 Å². The number of ketones is 1. The summed E-state index contributed by atoms with van der Waals surface area (Å²) in [6.45, 7) is 7.02. The van der Waals surface area contributed by atoms with Gasteiger partial charge in [0.05, 0.1) is 18.8 Å². The number of hydrogen-bond acceptors (Lipinski definition) is 5. The summed E-state index contributed by atoms with van der Waals surface area (Å²) in [5, 5.41) is 13.1. The Balaban J connectivity index is 1.15. The van der Waals surface area contributed by atoms with Crippen molar-refractivity contribution in [1.82, 2.24) is 10.4 Å². The van der Waals surface area contributed by atoms with Crippen molar-refractivity contribution in [2.45, 2.75) is 109 Å². The molecule has 6 rings (SSSR count). The van der Waals surface area contributed by atoms with Gasteiger partial charge in [-0.15, -0.1) is 0 Å². The first-order valence-electron chi connectivity index (χ1n) is 15.0. The average Bonchev–Trinajstić information content (AvgIpc) is 3.36. The van der Waals surface area contributed by atoms with E-state index in [1.54, 1.807) is 0 Å². The molecule has 0 spiro atoms. The van der Waals surface area contributed by atoms with Crippen LogP contribution in [-0.2, 0) is 9.53 Å². The van der Waals surface area contributed by atoms with Gasteiger partial charge in [-0.3, -0.25) is 10.2 Å². The Labute approximate surface area is 213 Å². The van der Waals surface area contributed by atoms with E-state index in [2.05, 4.69) is 17.4 Å². The lowest BCUT2D eigenvalue weighted by atomic mass is 9.43. The molecule has 1 aliphatic heterocycles. The second-order valence-electron chi connectivity index (χ2n) is 14.3. The third kappa shape index (κ3) is 4.06. The fraction of sp³-hybridized carbons (Fsp3) is 0.967. The first-order chi connectivity index (χ1) is 16.8. The first-order valence-corrected chi connectivity index (χ1v) is 15.0. The van der Waals surface area contributed by atoms with Crippen molar-refractivity contribution in [2.75, 3.05) is 26.8 Å². The molecule has 9 atom stereocenters. The number of ether oxygens (including phenoxy) is 1. The van der Waals surface area contributed by atoms with E-state index in [1.165, 1.54) is 57.8 Å². The third-order valence-corrected chi connectivity index (χ3v) is 12.6. The summed E-state index contributed by atoms with van der Waals surface area (Å²) in [7, 11) is 1.88. The van der Waals surface area contributed by atoms with Crippen molar-refractivity contribution in [3.05, 3.63) is 0 Å². The van der Waals surface area contributed by atoms with E-state index < -0.39 is 5.60 Å². The number of methoxy groups -OCH3 is 1. The van der Waals surface area contributed by atoms with Gasteiger partial charge in [-0.1, -0.05) is 13.3 Å². The normalized spacial score (nSPS) is 50.3. The fourth-order valence-electron chi connectivity index (χ4n) is 10.6. The second-order valence-corrected chi connectivity index (χ2v) is 14.3. The molecule has 198 valence electrons. The number of carbonyl (C=O) groups is 1. The van der Waals surface area contributed by atoms with Crippen LogP contribution in [0.1, 0.15) is 97.3 Å². The van der Waals surface area contributed by atoms with Crippen LogP contribution in [0.2, 0.25) is 0 Å². The van der Waals surface area contributed by atoms with Gasteiger partial charge in [0.2, 0.25) is 0 Å². The molecule has 5 nitrogen and oxygen atoms in total. The summed E-state index contributed by atoms with van der Waals surface area (Å²) in [5.41, 5.74) is 3.61. The quantitative estimate of drug-likeness (QED) is 0.555. The number of hydrogen-bond donors (Lipinski definition) is 2. The molecular formula is C30H50N2O3. The molecule has 2 N–H and O–H groups in total. The molecule has 0 bridgehead atoms. The molecule has 0 radical (unpaired) electrons. The molecule has 1 saturated heterocycles. The van der Waals surface area contributed by atoms with E-state index in [9.17, 15) is 9.90 Å². The molecular weight excluding hydrogens is 436 g/mol. The number of carbonyl (C=O) groups excluding carboxylic acids is 1. The van der Waals surface area contributed by atoms with E-state index in [-0.39, 0.29) is 16.7 Å². The van der Waals surface area contributed by atoms with Gasteiger partial charge in [0, 0.05) is 25.6 Å².